The molecule has 1 unspecified atom stereocenters. The average molecular weight is 242 g/mol. The third kappa shape index (κ3) is 15.2. The molecule has 0 aliphatic rings. The van der Waals surface area contributed by atoms with Crippen LogP contribution in [0.3, 0.4) is 0 Å². The van der Waals surface area contributed by atoms with Crippen molar-refractivity contribution in [1.82, 2.24) is 0 Å². The zero-order valence-corrected chi connectivity index (χ0v) is 10.9. The number of allylic oxidation sites excluding steroid dienone is 1. The fourth-order valence-electron chi connectivity index (χ4n) is 1.77. The number of carboxylic acids is 1. The maximum absolute atomic E-state index is 10.2. The fraction of sp³-hybridized carbons (Fsp3) is 0.786. The number of carbonyl (C=O) groups is 1. The lowest BCUT2D eigenvalue weighted by atomic mass is 10.1. The predicted molar refractivity (Wildman–Crippen MR) is 70.0 cm³/mol. The second-order valence-corrected chi connectivity index (χ2v) is 4.64. The molecule has 0 aliphatic carbocycles. The molecule has 2 N–H and O–H groups in total. The van der Waals surface area contributed by atoms with Crippen molar-refractivity contribution in [1.29, 1.82) is 0 Å². The van der Waals surface area contributed by atoms with Crippen LogP contribution in [0.5, 0.6) is 0 Å². The maximum Gasteiger partial charge on any atom is 0.327 e. The summed E-state index contributed by atoms with van der Waals surface area (Å²) in [6.07, 6.45) is 12.9. The smallest absolute Gasteiger partial charge is 0.327 e. The molecule has 3 heteroatoms. The highest BCUT2D eigenvalue weighted by Gasteiger charge is 1.95. The molecule has 0 aromatic heterocycles. The number of rotatable bonds is 11. The van der Waals surface area contributed by atoms with Gasteiger partial charge in [0.1, 0.15) is 0 Å². The Labute approximate surface area is 105 Å². The van der Waals surface area contributed by atoms with Crippen LogP contribution < -0.4 is 0 Å². The molecule has 0 amide bonds. The molecule has 0 radical (unpaired) electrons. The van der Waals surface area contributed by atoms with E-state index in [1.54, 1.807) is 6.08 Å². The van der Waals surface area contributed by atoms with E-state index in [4.69, 9.17) is 10.2 Å². The first-order chi connectivity index (χ1) is 8.13. The highest BCUT2D eigenvalue weighted by Crippen LogP contribution is 2.10. The minimum atomic E-state index is -0.858. The predicted octanol–water partition coefficient (Wildman–Crippen LogP) is 3.52. The minimum absolute atomic E-state index is 0.156. The normalized spacial score (nSPS) is 13.1. The molecule has 3 nitrogen and oxygen atoms in total. The van der Waals surface area contributed by atoms with Crippen molar-refractivity contribution in [3.8, 4) is 0 Å². The Balaban J connectivity index is 3.06. The molecule has 100 valence electrons. The molecular weight excluding hydrogens is 216 g/mol. The van der Waals surface area contributed by atoms with E-state index in [9.17, 15) is 4.79 Å². The van der Waals surface area contributed by atoms with Gasteiger partial charge in [0, 0.05) is 6.08 Å². The largest absolute Gasteiger partial charge is 0.478 e. The van der Waals surface area contributed by atoms with Gasteiger partial charge in [0.15, 0.2) is 0 Å². The Kier molecular flexibility index (Phi) is 11.1. The quantitative estimate of drug-likeness (QED) is 0.430. The van der Waals surface area contributed by atoms with E-state index in [0.717, 1.165) is 25.7 Å². The molecule has 0 rings (SSSR count). The lowest BCUT2D eigenvalue weighted by molar-refractivity contribution is -0.131. The van der Waals surface area contributed by atoms with Crippen molar-refractivity contribution < 1.29 is 15.0 Å². The van der Waals surface area contributed by atoms with E-state index in [1.807, 2.05) is 6.92 Å². The molecule has 0 spiro atoms. The summed E-state index contributed by atoms with van der Waals surface area (Å²) in [4.78, 5) is 10.2. The molecule has 1 atom stereocenters. The third-order valence-electron chi connectivity index (χ3n) is 2.75. The number of hydrogen-bond donors (Lipinski definition) is 2. The number of aliphatic hydroxyl groups excluding tert-OH is 1. The van der Waals surface area contributed by atoms with Crippen molar-refractivity contribution in [2.45, 2.75) is 70.8 Å². The van der Waals surface area contributed by atoms with E-state index in [-0.39, 0.29) is 6.10 Å². The molecule has 0 bridgehead atoms. The van der Waals surface area contributed by atoms with Gasteiger partial charge in [-0.25, -0.2) is 4.79 Å². The average Bonchev–Trinajstić information content (AvgIpc) is 2.25. The Morgan fingerprint density at radius 1 is 1.06 bits per heavy atom. The van der Waals surface area contributed by atoms with Crippen molar-refractivity contribution in [3.63, 3.8) is 0 Å². The standard InChI is InChI=1S/C14H26O3/c1-13(15)11-9-7-5-3-2-4-6-8-10-12-14(16)17/h10,12-13,15H,2-9,11H2,1H3,(H,16,17). The Bertz CT molecular complexity index is 210. The van der Waals surface area contributed by atoms with Crippen LogP contribution in [0.2, 0.25) is 0 Å². The molecule has 0 heterocycles. The molecule has 0 aromatic carbocycles. The number of hydrogen-bond acceptors (Lipinski definition) is 2. The first-order valence-electron chi connectivity index (χ1n) is 6.70. The molecular formula is C14H26O3. The van der Waals surface area contributed by atoms with Gasteiger partial charge in [0.05, 0.1) is 6.10 Å². The van der Waals surface area contributed by atoms with Gasteiger partial charge >= 0.3 is 5.97 Å². The summed E-state index contributed by atoms with van der Waals surface area (Å²) in [6, 6.07) is 0. The maximum atomic E-state index is 10.2. The lowest BCUT2D eigenvalue weighted by Crippen LogP contribution is -1.98. The van der Waals surface area contributed by atoms with Gasteiger partial charge < -0.3 is 10.2 Å². The Morgan fingerprint density at radius 3 is 2.12 bits per heavy atom. The van der Waals surface area contributed by atoms with Crippen LogP contribution in [0.1, 0.15) is 64.7 Å². The molecule has 0 aromatic rings. The Hall–Kier alpha value is -0.830. The van der Waals surface area contributed by atoms with E-state index in [0.29, 0.717) is 0 Å². The van der Waals surface area contributed by atoms with Crippen molar-refractivity contribution >= 4 is 5.97 Å². The van der Waals surface area contributed by atoms with Gasteiger partial charge in [0.2, 0.25) is 0 Å². The van der Waals surface area contributed by atoms with E-state index in [1.165, 1.54) is 38.2 Å². The monoisotopic (exact) mass is 242 g/mol. The van der Waals surface area contributed by atoms with Gasteiger partial charge in [-0.3, -0.25) is 0 Å². The Morgan fingerprint density at radius 2 is 1.59 bits per heavy atom. The van der Waals surface area contributed by atoms with E-state index in [2.05, 4.69) is 0 Å². The SMILES string of the molecule is CC(O)CCCCCCCCCC=CC(=O)O. The van der Waals surface area contributed by atoms with Crippen LogP contribution in [0, 0.1) is 0 Å². The summed E-state index contributed by atoms with van der Waals surface area (Å²) in [6.45, 7) is 1.84. The van der Waals surface area contributed by atoms with Gasteiger partial charge in [-0.15, -0.1) is 0 Å². The molecule has 0 fully saturated rings. The highest BCUT2D eigenvalue weighted by atomic mass is 16.4. The summed E-state index contributed by atoms with van der Waals surface area (Å²) < 4.78 is 0. The number of carboxylic acid groups (broad SMARTS) is 1. The topological polar surface area (TPSA) is 57.5 Å². The summed E-state index contributed by atoms with van der Waals surface area (Å²) in [5, 5.41) is 17.4. The van der Waals surface area contributed by atoms with Gasteiger partial charge in [-0.1, -0.05) is 44.6 Å². The second kappa shape index (κ2) is 11.6. The third-order valence-corrected chi connectivity index (χ3v) is 2.75. The molecule has 0 saturated heterocycles. The van der Waals surface area contributed by atoms with Gasteiger partial charge in [-0.05, 0) is 26.2 Å². The fourth-order valence-corrected chi connectivity index (χ4v) is 1.77. The van der Waals surface area contributed by atoms with E-state index < -0.39 is 5.97 Å². The summed E-state index contributed by atoms with van der Waals surface area (Å²) in [7, 11) is 0. The van der Waals surface area contributed by atoms with E-state index >= 15 is 0 Å². The molecule has 17 heavy (non-hydrogen) atoms. The van der Waals surface area contributed by atoms with Crippen molar-refractivity contribution in [3.05, 3.63) is 12.2 Å². The van der Waals surface area contributed by atoms with Crippen LogP contribution >= 0.6 is 0 Å². The van der Waals surface area contributed by atoms with Gasteiger partial charge in [0.25, 0.3) is 0 Å². The van der Waals surface area contributed by atoms with Gasteiger partial charge in [-0.2, -0.15) is 0 Å². The van der Waals surface area contributed by atoms with Crippen molar-refractivity contribution in [2.75, 3.05) is 0 Å². The first-order valence-corrected chi connectivity index (χ1v) is 6.70. The molecule has 0 aliphatic heterocycles. The van der Waals surface area contributed by atoms with Crippen molar-refractivity contribution in [2.24, 2.45) is 0 Å². The number of aliphatic carboxylic acids is 1. The summed E-state index contributed by atoms with van der Waals surface area (Å²) in [5.41, 5.74) is 0. The lowest BCUT2D eigenvalue weighted by Gasteiger charge is -2.03. The van der Waals surface area contributed by atoms with Crippen LogP contribution in [0.15, 0.2) is 12.2 Å². The number of aliphatic hydroxyl groups is 1. The van der Waals surface area contributed by atoms with Crippen LogP contribution in [-0.4, -0.2) is 22.3 Å². The first kappa shape index (κ1) is 16.2. The second-order valence-electron chi connectivity index (χ2n) is 4.64. The summed E-state index contributed by atoms with van der Waals surface area (Å²) in [5.74, 6) is -0.858. The van der Waals surface area contributed by atoms with Crippen LogP contribution in [0.25, 0.3) is 0 Å². The highest BCUT2D eigenvalue weighted by molar-refractivity contribution is 5.79. The molecule has 0 saturated carbocycles. The zero-order chi connectivity index (χ0) is 12.9. The minimum Gasteiger partial charge on any atom is -0.478 e. The summed E-state index contributed by atoms with van der Waals surface area (Å²) >= 11 is 0. The van der Waals surface area contributed by atoms with Crippen LogP contribution in [0.4, 0.5) is 0 Å². The zero-order valence-electron chi connectivity index (χ0n) is 10.9. The number of unbranched alkanes of at least 4 members (excludes halogenated alkanes) is 7. The van der Waals surface area contributed by atoms with Crippen LogP contribution in [-0.2, 0) is 4.79 Å².